The summed E-state index contributed by atoms with van der Waals surface area (Å²) < 4.78 is 32.3. The third-order valence-electron chi connectivity index (χ3n) is 2.45. The third-order valence-corrected chi connectivity index (χ3v) is 3.24. The van der Waals surface area contributed by atoms with E-state index in [0.29, 0.717) is 13.0 Å². The van der Waals surface area contributed by atoms with Crippen molar-refractivity contribution in [3.63, 3.8) is 0 Å². The van der Waals surface area contributed by atoms with E-state index in [0.717, 1.165) is 6.26 Å². The van der Waals surface area contributed by atoms with Crippen LogP contribution in [0.4, 0.5) is 0 Å². The van der Waals surface area contributed by atoms with Crippen molar-refractivity contribution >= 4 is 21.7 Å². The number of hydrogen-bond acceptors (Lipinski definition) is 6. The second-order valence-corrected chi connectivity index (χ2v) is 6.49. The maximum Gasteiger partial charge on any atom is 0.329 e. The van der Waals surface area contributed by atoms with Gasteiger partial charge >= 0.3 is 5.97 Å². The molecule has 1 fully saturated rings. The fourth-order valence-corrected chi connectivity index (χ4v) is 2.28. The predicted molar refractivity (Wildman–Crippen MR) is 64.5 cm³/mol. The first kappa shape index (κ1) is 15.9. The molecule has 0 aromatic carbocycles. The zero-order valence-corrected chi connectivity index (χ0v) is 11.3. The SMILES string of the molecule is CS(=O)(=O)CC(=O)N[C@@H]1COCC[C@@H]1OCC(=O)O. The number of sulfone groups is 1. The summed E-state index contributed by atoms with van der Waals surface area (Å²) in [6.45, 7) is 0.103. The van der Waals surface area contributed by atoms with E-state index in [1.54, 1.807) is 0 Å². The topological polar surface area (TPSA) is 119 Å². The molecule has 1 aliphatic heterocycles. The molecule has 1 aliphatic rings. The van der Waals surface area contributed by atoms with Crippen molar-refractivity contribution in [2.24, 2.45) is 0 Å². The smallest absolute Gasteiger partial charge is 0.329 e. The highest BCUT2D eigenvalue weighted by Crippen LogP contribution is 2.12. The molecule has 110 valence electrons. The number of ether oxygens (including phenoxy) is 2. The summed E-state index contributed by atoms with van der Waals surface area (Å²) in [6.07, 6.45) is 0.910. The molecule has 0 aromatic rings. The standard InChI is InChI=1S/C10H17NO7S/c1-19(15,16)6-9(12)11-7-4-17-3-2-8(7)18-5-10(13)14/h7-8H,2-6H2,1H3,(H,11,12)(H,13,14)/t7-,8+/m1/s1. The Labute approximate surface area is 111 Å². The number of aliphatic carboxylic acids is 1. The molecule has 2 atom stereocenters. The first-order valence-corrected chi connectivity index (χ1v) is 7.72. The molecule has 0 radical (unpaired) electrons. The van der Waals surface area contributed by atoms with E-state index in [4.69, 9.17) is 14.6 Å². The van der Waals surface area contributed by atoms with Gasteiger partial charge in [-0.2, -0.15) is 0 Å². The molecule has 19 heavy (non-hydrogen) atoms. The minimum Gasteiger partial charge on any atom is -0.480 e. The molecule has 0 saturated carbocycles. The number of carbonyl (C=O) groups is 2. The Morgan fingerprint density at radius 1 is 1.47 bits per heavy atom. The summed E-state index contributed by atoms with van der Waals surface area (Å²) in [5.74, 6) is -2.37. The summed E-state index contributed by atoms with van der Waals surface area (Å²) in [5.41, 5.74) is 0. The van der Waals surface area contributed by atoms with E-state index in [-0.39, 0.29) is 6.61 Å². The first-order chi connectivity index (χ1) is 8.78. The molecule has 1 amide bonds. The fraction of sp³-hybridized carbons (Fsp3) is 0.800. The van der Waals surface area contributed by atoms with Gasteiger partial charge in [-0.15, -0.1) is 0 Å². The second-order valence-electron chi connectivity index (χ2n) is 4.35. The van der Waals surface area contributed by atoms with E-state index in [2.05, 4.69) is 5.32 Å². The van der Waals surface area contributed by atoms with Gasteiger partial charge < -0.3 is 19.9 Å². The minimum atomic E-state index is -3.41. The van der Waals surface area contributed by atoms with E-state index >= 15 is 0 Å². The molecular weight excluding hydrogens is 278 g/mol. The van der Waals surface area contributed by atoms with Crippen molar-refractivity contribution in [2.45, 2.75) is 18.6 Å². The number of amides is 1. The summed E-state index contributed by atoms with van der Waals surface area (Å²) in [5, 5.41) is 11.0. The van der Waals surface area contributed by atoms with Crippen LogP contribution in [0.3, 0.4) is 0 Å². The van der Waals surface area contributed by atoms with Crippen molar-refractivity contribution in [2.75, 3.05) is 31.8 Å². The van der Waals surface area contributed by atoms with Crippen LogP contribution in [0, 0.1) is 0 Å². The Bertz CT molecular complexity index is 433. The molecule has 0 aliphatic carbocycles. The van der Waals surface area contributed by atoms with Gasteiger partial charge in [0.1, 0.15) is 12.4 Å². The zero-order valence-electron chi connectivity index (χ0n) is 10.5. The lowest BCUT2D eigenvalue weighted by atomic mass is 10.1. The maximum atomic E-state index is 11.5. The van der Waals surface area contributed by atoms with E-state index in [9.17, 15) is 18.0 Å². The van der Waals surface area contributed by atoms with Crippen molar-refractivity contribution in [1.29, 1.82) is 0 Å². The lowest BCUT2D eigenvalue weighted by Crippen LogP contribution is -2.52. The summed E-state index contributed by atoms with van der Waals surface area (Å²) in [4.78, 5) is 21.9. The first-order valence-electron chi connectivity index (χ1n) is 5.66. The van der Waals surface area contributed by atoms with Gasteiger partial charge in [-0.1, -0.05) is 0 Å². The average Bonchev–Trinajstić information content (AvgIpc) is 2.25. The monoisotopic (exact) mass is 295 g/mol. The van der Waals surface area contributed by atoms with Crippen LogP contribution in [-0.4, -0.2) is 69.4 Å². The summed E-state index contributed by atoms with van der Waals surface area (Å²) >= 11 is 0. The van der Waals surface area contributed by atoms with E-state index in [1.807, 2.05) is 0 Å². The van der Waals surface area contributed by atoms with Gasteiger partial charge in [0, 0.05) is 12.9 Å². The van der Waals surface area contributed by atoms with Crippen LogP contribution >= 0.6 is 0 Å². The maximum absolute atomic E-state index is 11.5. The molecule has 0 aromatic heterocycles. The number of carboxylic acid groups (broad SMARTS) is 1. The van der Waals surface area contributed by atoms with Crippen molar-refractivity contribution in [3.05, 3.63) is 0 Å². The van der Waals surface area contributed by atoms with Gasteiger partial charge in [0.15, 0.2) is 9.84 Å². The van der Waals surface area contributed by atoms with Crippen LogP contribution in [0.25, 0.3) is 0 Å². The van der Waals surface area contributed by atoms with Crippen LogP contribution in [0.15, 0.2) is 0 Å². The quantitative estimate of drug-likeness (QED) is 0.606. The fourth-order valence-electron chi connectivity index (χ4n) is 1.72. The number of rotatable bonds is 6. The van der Waals surface area contributed by atoms with Crippen LogP contribution in [0.2, 0.25) is 0 Å². The lowest BCUT2D eigenvalue weighted by Gasteiger charge is -2.31. The molecule has 0 spiro atoms. The Morgan fingerprint density at radius 3 is 2.74 bits per heavy atom. The van der Waals surface area contributed by atoms with E-state index < -0.39 is 46.2 Å². The average molecular weight is 295 g/mol. The molecule has 1 heterocycles. The van der Waals surface area contributed by atoms with Gasteiger partial charge in [-0.25, -0.2) is 13.2 Å². The molecule has 2 N–H and O–H groups in total. The van der Waals surface area contributed by atoms with Crippen LogP contribution in [0.1, 0.15) is 6.42 Å². The Hall–Kier alpha value is -1.19. The van der Waals surface area contributed by atoms with E-state index in [1.165, 1.54) is 0 Å². The molecule has 1 rings (SSSR count). The molecule has 0 unspecified atom stereocenters. The van der Waals surface area contributed by atoms with Crippen molar-refractivity contribution in [3.8, 4) is 0 Å². The predicted octanol–water partition coefficient (Wildman–Crippen LogP) is -1.59. The summed E-state index contributed by atoms with van der Waals surface area (Å²) in [7, 11) is -3.41. The molecule has 1 saturated heterocycles. The minimum absolute atomic E-state index is 0.166. The highest BCUT2D eigenvalue weighted by atomic mass is 32.2. The van der Waals surface area contributed by atoms with Crippen LogP contribution in [-0.2, 0) is 28.9 Å². The van der Waals surface area contributed by atoms with Crippen LogP contribution < -0.4 is 5.32 Å². The van der Waals surface area contributed by atoms with Gasteiger partial charge in [0.05, 0.1) is 18.8 Å². The zero-order chi connectivity index (χ0) is 14.5. The highest BCUT2D eigenvalue weighted by Gasteiger charge is 2.29. The van der Waals surface area contributed by atoms with Gasteiger partial charge in [-0.3, -0.25) is 4.79 Å². The normalized spacial score (nSPS) is 23.8. The number of carbonyl (C=O) groups excluding carboxylic acids is 1. The lowest BCUT2D eigenvalue weighted by molar-refractivity contribution is -0.148. The molecule has 0 bridgehead atoms. The second kappa shape index (κ2) is 6.83. The van der Waals surface area contributed by atoms with Crippen LogP contribution in [0.5, 0.6) is 0 Å². The number of hydrogen-bond donors (Lipinski definition) is 2. The third kappa shape index (κ3) is 6.50. The summed E-state index contributed by atoms with van der Waals surface area (Å²) in [6, 6.07) is -0.539. The number of carboxylic acids is 1. The Balaban J connectivity index is 2.52. The largest absolute Gasteiger partial charge is 0.480 e. The molecular formula is C10H17NO7S. The van der Waals surface area contributed by atoms with Crippen molar-refractivity contribution < 1.29 is 32.6 Å². The molecule has 8 nitrogen and oxygen atoms in total. The highest BCUT2D eigenvalue weighted by molar-refractivity contribution is 7.91. The van der Waals surface area contributed by atoms with Gasteiger partial charge in [0.2, 0.25) is 5.91 Å². The van der Waals surface area contributed by atoms with Gasteiger partial charge in [0.25, 0.3) is 0 Å². The van der Waals surface area contributed by atoms with Gasteiger partial charge in [-0.05, 0) is 6.42 Å². The Morgan fingerprint density at radius 2 is 2.16 bits per heavy atom. The Kier molecular flexibility index (Phi) is 5.70. The van der Waals surface area contributed by atoms with Crippen molar-refractivity contribution in [1.82, 2.24) is 5.32 Å². The molecule has 9 heteroatoms. The number of nitrogens with one attached hydrogen (secondary N) is 1.